The Morgan fingerprint density at radius 2 is 1.82 bits per heavy atom. The number of carbonyl (C=O) groups is 1. The van der Waals surface area contributed by atoms with E-state index >= 15 is 0 Å². The largest absolute Gasteiger partial charge is 0.350 e. The van der Waals surface area contributed by atoms with Gasteiger partial charge in [0, 0.05) is 18.5 Å². The van der Waals surface area contributed by atoms with Crippen LogP contribution in [0.15, 0.2) is 71.5 Å². The second-order valence-electron chi connectivity index (χ2n) is 7.20. The van der Waals surface area contributed by atoms with E-state index in [-0.39, 0.29) is 17.2 Å². The number of hydrogen-bond donors (Lipinski definition) is 1. The lowest BCUT2D eigenvalue weighted by Crippen LogP contribution is -2.33. The van der Waals surface area contributed by atoms with Gasteiger partial charge >= 0.3 is 0 Å². The number of aryl methyl sites for hydroxylation is 1. The number of rotatable bonds is 5. The first kappa shape index (κ1) is 18.2. The van der Waals surface area contributed by atoms with Gasteiger partial charge in [-0.25, -0.2) is 4.68 Å². The average molecular weight is 373 g/mol. The van der Waals surface area contributed by atoms with Crippen LogP contribution in [0.4, 0.5) is 0 Å². The van der Waals surface area contributed by atoms with Crippen LogP contribution < -0.4 is 10.9 Å². The van der Waals surface area contributed by atoms with E-state index in [1.807, 2.05) is 30.3 Å². The minimum Gasteiger partial charge on any atom is -0.350 e. The van der Waals surface area contributed by atoms with Crippen LogP contribution in [0.25, 0.3) is 0 Å². The van der Waals surface area contributed by atoms with Gasteiger partial charge in [0.15, 0.2) is 0 Å². The summed E-state index contributed by atoms with van der Waals surface area (Å²) in [6.45, 7) is 0.923. The van der Waals surface area contributed by atoms with Crippen LogP contribution >= 0.6 is 0 Å². The molecular formula is C23H23N3O2. The lowest BCUT2D eigenvalue weighted by molar-refractivity contribution is 0.0942. The van der Waals surface area contributed by atoms with Crippen molar-refractivity contribution in [2.24, 2.45) is 0 Å². The van der Waals surface area contributed by atoms with Gasteiger partial charge in [-0.1, -0.05) is 54.6 Å². The van der Waals surface area contributed by atoms with Crippen molar-refractivity contribution in [1.29, 1.82) is 0 Å². The van der Waals surface area contributed by atoms with E-state index in [2.05, 4.69) is 34.7 Å². The third-order valence-corrected chi connectivity index (χ3v) is 5.28. The van der Waals surface area contributed by atoms with Crippen molar-refractivity contribution in [3.05, 3.63) is 99.5 Å². The molecule has 142 valence electrons. The normalized spacial score (nSPS) is 15.6. The Morgan fingerprint density at radius 1 is 1.04 bits per heavy atom. The van der Waals surface area contributed by atoms with Gasteiger partial charge in [-0.15, -0.1) is 0 Å². The van der Waals surface area contributed by atoms with E-state index in [1.54, 1.807) is 0 Å². The number of nitrogens with zero attached hydrogens (tertiary/aromatic N) is 2. The van der Waals surface area contributed by atoms with Gasteiger partial charge in [-0.3, -0.25) is 9.59 Å². The molecule has 0 bridgehead atoms. The predicted octanol–water partition coefficient (Wildman–Crippen LogP) is 3.14. The molecule has 1 N–H and O–H groups in total. The number of aromatic nitrogens is 2. The summed E-state index contributed by atoms with van der Waals surface area (Å²) in [5, 5.41) is 7.27. The molecule has 1 aliphatic rings. The summed E-state index contributed by atoms with van der Waals surface area (Å²) >= 11 is 0. The molecule has 2 aromatic carbocycles. The molecule has 5 heteroatoms. The van der Waals surface area contributed by atoms with E-state index in [0.29, 0.717) is 19.0 Å². The zero-order chi connectivity index (χ0) is 19.3. The van der Waals surface area contributed by atoms with Crippen molar-refractivity contribution < 1.29 is 4.79 Å². The SMILES string of the molecule is O=C(NCC1CCCc2ccccc21)c1ccc(=O)n(Cc2ccccc2)n1. The van der Waals surface area contributed by atoms with Gasteiger partial charge in [0.1, 0.15) is 5.69 Å². The second kappa shape index (κ2) is 8.21. The highest BCUT2D eigenvalue weighted by molar-refractivity contribution is 5.92. The average Bonchev–Trinajstić information content (AvgIpc) is 2.74. The highest BCUT2D eigenvalue weighted by atomic mass is 16.2. The van der Waals surface area contributed by atoms with Crippen molar-refractivity contribution >= 4 is 5.91 Å². The van der Waals surface area contributed by atoms with Gasteiger partial charge in [0.05, 0.1) is 6.54 Å². The third-order valence-electron chi connectivity index (χ3n) is 5.28. The van der Waals surface area contributed by atoms with Crippen LogP contribution in [-0.2, 0) is 13.0 Å². The molecule has 1 aliphatic carbocycles. The number of carbonyl (C=O) groups excluding carboxylic acids is 1. The molecule has 5 nitrogen and oxygen atoms in total. The molecule has 28 heavy (non-hydrogen) atoms. The summed E-state index contributed by atoms with van der Waals surface area (Å²) < 4.78 is 1.33. The summed E-state index contributed by atoms with van der Waals surface area (Å²) in [6.07, 6.45) is 3.31. The molecule has 1 amide bonds. The Bertz CT molecular complexity index is 1030. The molecule has 0 aliphatic heterocycles. The molecule has 0 radical (unpaired) electrons. The Balaban J connectivity index is 1.46. The Kier molecular flexibility index (Phi) is 5.33. The second-order valence-corrected chi connectivity index (χ2v) is 7.20. The van der Waals surface area contributed by atoms with Crippen molar-refractivity contribution in [3.63, 3.8) is 0 Å². The molecule has 0 fully saturated rings. The zero-order valence-electron chi connectivity index (χ0n) is 15.7. The van der Waals surface area contributed by atoms with E-state index < -0.39 is 0 Å². The third kappa shape index (κ3) is 4.03. The summed E-state index contributed by atoms with van der Waals surface area (Å²) in [5.41, 5.74) is 3.72. The maximum absolute atomic E-state index is 12.6. The van der Waals surface area contributed by atoms with Crippen molar-refractivity contribution in [2.45, 2.75) is 31.7 Å². The van der Waals surface area contributed by atoms with E-state index in [0.717, 1.165) is 24.8 Å². The Hall–Kier alpha value is -3.21. The lowest BCUT2D eigenvalue weighted by atomic mass is 9.83. The summed E-state index contributed by atoms with van der Waals surface area (Å²) in [4.78, 5) is 24.7. The summed E-state index contributed by atoms with van der Waals surface area (Å²) in [5.74, 6) is 0.0778. The highest BCUT2D eigenvalue weighted by Crippen LogP contribution is 2.30. The fourth-order valence-electron chi connectivity index (χ4n) is 3.81. The minimum atomic E-state index is -0.245. The van der Waals surface area contributed by atoms with E-state index in [9.17, 15) is 9.59 Å². The van der Waals surface area contributed by atoms with Crippen molar-refractivity contribution in [2.75, 3.05) is 6.54 Å². The Labute approximate surface area is 164 Å². The van der Waals surface area contributed by atoms with Gasteiger partial charge < -0.3 is 5.32 Å². The maximum atomic E-state index is 12.6. The zero-order valence-corrected chi connectivity index (χ0v) is 15.7. The monoisotopic (exact) mass is 373 g/mol. The Morgan fingerprint density at radius 3 is 2.68 bits per heavy atom. The van der Waals surface area contributed by atoms with Crippen molar-refractivity contribution in [3.8, 4) is 0 Å². The molecule has 1 aromatic heterocycles. The van der Waals surface area contributed by atoms with Gasteiger partial charge in [0.25, 0.3) is 11.5 Å². The summed E-state index contributed by atoms with van der Waals surface area (Å²) in [6, 6.07) is 21.0. The molecule has 4 rings (SSSR count). The maximum Gasteiger partial charge on any atom is 0.271 e. The van der Waals surface area contributed by atoms with Crippen LogP contribution in [-0.4, -0.2) is 22.2 Å². The van der Waals surface area contributed by atoms with Crippen LogP contribution in [0.5, 0.6) is 0 Å². The molecule has 1 atom stereocenters. The van der Waals surface area contributed by atoms with Crippen LogP contribution in [0.3, 0.4) is 0 Å². The predicted molar refractivity (Wildman–Crippen MR) is 108 cm³/mol. The van der Waals surface area contributed by atoms with Gasteiger partial charge in [-0.05, 0) is 42.0 Å². The smallest absolute Gasteiger partial charge is 0.271 e. The standard InChI is InChI=1S/C23H23N3O2/c27-22-14-13-21(25-26(22)16-17-7-2-1-3-8-17)23(28)24-15-19-11-6-10-18-9-4-5-12-20(18)19/h1-5,7-9,12-14,19H,6,10-11,15-16H2,(H,24,28). The fourth-order valence-corrected chi connectivity index (χ4v) is 3.81. The molecule has 1 heterocycles. The van der Waals surface area contributed by atoms with Crippen molar-refractivity contribution in [1.82, 2.24) is 15.1 Å². The molecular weight excluding hydrogens is 350 g/mol. The highest BCUT2D eigenvalue weighted by Gasteiger charge is 2.21. The number of nitrogens with one attached hydrogen (secondary N) is 1. The number of benzene rings is 2. The molecule has 3 aromatic rings. The number of amides is 1. The van der Waals surface area contributed by atoms with Gasteiger partial charge in [-0.2, -0.15) is 5.10 Å². The number of fused-ring (bicyclic) bond motifs is 1. The first-order valence-corrected chi connectivity index (χ1v) is 9.69. The van der Waals surface area contributed by atoms with E-state index in [4.69, 9.17) is 0 Å². The first-order chi connectivity index (χ1) is 13.7. The first-order valence-electron chi connectivity index (χ1n) is 9.69. The number of hydrogen-bond acceptors (Lipinski definition) is 3. The molecule has 1 unspecified atom stereocenters. The lowest BCUT2D eigenvalue weighted by Gasteiger charge is -2.25. The van der Waals surface area contributed by atoms with Crippen LogP contribution in [0, 0.1) is 0 Å². The molecule has 0 saturated heterocycles. The molecule has 0 saturated carbocycles. The van der Waals surface area contributed by atoms with Crippen LogP contribution in [0.2, 0.25) is 0 Å². The quantitative estimate of drug-likeness (QED) is 0.747. The van der Waals surface area contributed by atoms with Crippen LogP contribution in [0.1, 0.15) is 45.9 Å². The minimum absolute atomic E-state index is 0.221. The topological polar surface area (TPSA) is 64.0 Å². The fraction of sp³-hybridized carbons (Fsp3) is 0.261. The van der Waals surface area contributed by atoms with E-state index in [1.165, 1.54) is 27.9 Å². The molecule has 0 spiro atoms. The van der Waals surface area contributed by atoms with Gasteiger partial charge in [0.2, 0.25) is 0 Å². The summed E-state index contributed by atoms with van der Waals surface area (Å²) in [7, 11) is 0.